The first-order valence-electron chi connectivity index (χ1n) is 6.51. The molecule has 5 nitrogen and oxygen atoms in total. The zero-order chi connectivity index (χ0) is 15.6. The standard InChI is InChI=1S/C16H16N2O3/c1-9-5-4-6-12(7-9)18-16(21)13-8-17-10(2)14(11(3)19)15(13)20/h4-8H,1-3H3,(H,17,20)(H,18,21). The van der Waals surface area contributed by atoms with Crippen LogP contribution in [0.1, 0.15) is 38.9 Å². The number of pyridine rings is 1. The molecule has 2 N–H and O–H groups in total. The topological polar surface area (TPSA) is 79.0 Å². The predicted octanol–water partition coefficient (Wildman–Crippen LogP) is 2.45. The highest BCUT2D eigenvalue weighted by Gasteiger charge is 2.18. The highest BCUT2D eigenvalue weighted by Crippen LogP contribution is 2.11. The molecule has 1 aromatic carbocycles. The van der Waals surface area contributed by atoms with Crippen molar-refractivity contribution in [2.45, 2.75) is 20.8 Å². The van der Waals surface area contributed by atoms with Gasteiger partial charge in [0.25, 0.3) is 5.91 Å². The third-order valence-corrected chi connectivity index (χ3v) is 3.15. The molecule has 1 amide bonds. The summed E-state index contributed by atoms with van der Waals surface area (Å²) in [6.45, 7) is 4.84. The second-order valence-electron chi connectivity index (χ2n) is 4.91. The number of Topliss-reactive ketones (excluding diaryl/α,β-unsaturated/α-hetero) is 1. The molecule has 1 aromatic heterocycles. The number of aromatic nitrogens is 1. The van der Waals surface area contributed by atoms with Crippen LogP contribution in [0.4, 0.5) is 5.69 Å². The number of hydrogen-bond acceptors (Lipinski definition) is 3. The first-order valence-corrected chi connectivity index (χ1v) is 6.51. The number of ketones is 1. The van der Waals surface area contributed by atoms with E-state index in [2.05, 4.69) is 10.3 Å². The minimum atomic E-state index is -0.552. The summed E-state index contributed by atoms with van der Waals surface area (Å²) in [5.41, 5.74) is 1.45. The number of benzene rings is 1. The molecular formula is C16H16N2O3. The second-order valence-corrected chi connectivity index (χ2v) is 4.91. The van der Waals surface area contributed by atoms with E-state index in [1.165, 1.54) is 13.1 Å². The molecule has 0 fully saturated rings. The molecule has 5 heteroatoms. The highest BCUT2D eigenvalue weighted by atomic mass is 16.2. The Morgan fingerprint density at radius 1 is 1.19 bits per heavy atom. The van der Waals surface area contributed by atoms with Crippen LogP contribution in [0, 0.1) is 13.8 Å². The van der Waals surface area contributed by atoms with E-state index in [0.29, 0.717) is 11.4 Å². The predicted molar refractivity (Wildman–Crippen MR) is 80.9 cm³/mol. The number of rotatable bonds is 3. The molecule has 1 heterocycles. The SMILES string of the molecule is CC(=O)c1c(C)[nH]cc(C(=O)Nc2cccc(C)c2)c1=O. The van der Waals surface area contributed by atoms with Crippen molar-refractivity contribution in [3.05, 3.63) is 63.1 Å². The van der Waals surface area contributed by atoms with Gasteiger partial charge in [-0.1, -0.05) is 12.1 Å². The number of H-pyrrole nitrogens is 1. The summed E-state index contributed by atoms with van der Waals surface area (Å²) in [6.07, 6.45) is 1.33. The first-order chi connectivity index (χ1) is 9.90. The van der Waals surface area contributed by atoms with E-state index >= 15 is 0 Å². The lowest BCUT2D eigenvalue weighted by Crippen LogP contribution is -2.26. The molecule has 0 unspecified atom stereocenters. The fourth-order valence-electron chi connectivity index (χ4n) is 2.14. The average Bonchev–Trinajstić information content (AvgIpc) is 2.38. The van der Waals surface area contributed by atoms with Crippen molar-refractivity contribution in [1.29, 1.82) is 0 Å². The molecule has 0 radical (unpaired) electrons. The minimum absolute atomic E-state index is 0.0203. The number of aryl methyl sites for hydroxylation is 2. The Hall–Kier alpha value is -2.69. The van der Waals surface area contributed by atoms with Crippen LogP contribution in [0.25, 0.3) is 0 Å². The van der Waals surface area contributed by atoms with E-state index in [9.17, 15) is 14.4 Å². The van der Waals surface area contributed by atoms with E-state index in [-0.39, 0.29) is 16.9 Å². The Bertz CT molecular complexity index is 775. The van der Waals surface area contributed by atoms with Crippen LogP contribution in [0.2, 0.25) is 0 Å². The maximum absolute atomic E-state index is 12.2. The zero-order valence-electron chi connectivity index (χ0n) is 12.1. The molecule has 0 saturated carbocycles. The van der Waals surface area contributed by atoms with Crippen LogP contribution in [0.15, 0.2) is 35.3 Å². The normalized spacial score (nSPS) is 10.2. The number of amides is 1. The van der Waals surface area contributed by atoms with Crippen molar-refractivity contribution >= 4 is 17.4 Å². The summed E-state index contributed by atoms with van der Waals surface area (Å²) in [5.74, 6) is -0.900. The van der Waals surface area contributed by atoms with E-state index in [1.54, 1.807) is 19.1 Å². The van der Waals surface area contributed by atoms with Gasteiger partial charge in [-0.05, 0) is 38.5 Å². The smallest absolute Gasteiger partial charge is 0.261 e. The Morgan fingerprint density at radius 3 is 2.52 bits per heavy atom. The van der Waals surface area contributed by atoms with Crippen LogP contribution in [-0.2, 0) is 0 Å². The summed E-state index contributed by atoms with van der Waals surface area (Å²) >= 11 is 0. The van der Waals surface area contributed by atoms with Gasteiger partial charge in [0.2, 0.25) is 5.43 Å². The summed E-state index contributed by atoms with van der Waals surface area (Å²) in [7, 11) is 0. The Labute approximate surface area is 122 Å². The maximum Gasteiger partial charge on any atom is 0.261 e. The molecule has 0 atom stereocenters. The van der Waals surface area contributed by atoms with E-state index in [1.807, 2.05) is 19.1 Å². The van der Waals surface area contributed by atoms with Gasteiger partial charge in [0.15, 0.2) is 5.78 Å². The average molecular weight is 284 g/mol. The number of aromatic amines is 1. The van der Waals surface area contributed by atoms with Crippen molar-refractivity contribution < 1.29 is 9.59 Å². The number of hydrogen-bond donors (Lipinski definition) is 2. The van der Waals surface area contributed by atoms with Gasteiger partial charge in [-0.2, -0.15) is 0 Å². The fraction of sp³-hybridized carbons (Fsp3) is 0.188. The van der Waals surface area contributed by atoms with Crippen molar-refractivity contribution in [2.24, 2.45) is 0 Å². The lowest BCUT2D eigenvalue weighted by atomic mass is 10.1. The third-order valence-electron chi connectivity index (χ3n) is 3.15. The quantitative estimate of drug-likeness (QED) is 0.850. The Balaban J connectivity index is 2.39. The molecule has 0 aliphatic rings. The number of nitrogens with one attached hydrogen (secondary N) is 2. The van der Waals surface area contributed by atoms with Gasteiger partial charge in [-0.15, -0.1) is 0 Å². The number of anilines is 1. The zero-order valence-corrected chi connectivity index (χ0v) is 12.1. The molecular weight excluding hydrogens is 268 g/mol. The summed E-state index contributed by atoms with van der Waals surface area (Å²) in [5, 5.41) is 2.66. The van der Waals surface area contributed by atoms with E-state index in [0.717, 1.165) is 5.56 Å². The van der Waals surface area contributed by atoms with Gasteiger partial charge in [0, 0.05) is 17.6 Å². The molecule has 0 saturated heterocycles. The molecule has 0 bridgehead atoms. The van der Waals surface area contributed by atoms with Crippen LogP contribution in [0.5, 0.6) is 0 Å². The van der Waals surface area contributed by atoms with E-state index in [4.69, 9.17) is 0 Å². The largest absolute Gasteiger partial charge is 0.364 e. The van der Waals surface area contributed by atoms with Crippen molar-refractivity contribution in [1.82, 2.24) is 4.98 Å². The molecule has 21 heavy (non-hydrogen) atoms. The van der Waals surface area contributed by atoms with Crippen LogP contribution in [-0.4, -0.2) is 16.7 Å². The number of carbonyl (C=O) groups excluding carboxylic acids is 2. The molecule has 0 aliphatic carbocycles. The van der Waals surface area contributed by atoms with Gasteiger partial charge >= 0.3 is 0 Å². The van der Waals surface area contributed by atoms with Gasteiger partial charge in [0.1, 0.15) is 5.56 Å². The van der Waals surface area contributed by atoms with Crippen LogP contribution in [0.3, 0.4) is 0 Å². The minimum Gasteiger partial charge on any atom is -0.364 e. The molecule has 2 aromatic rings. The van der Waals surface area contributed by atoms with Crippen molar-refractivity contribution in [3.8, 4) is 0 Å². The summed E-state index contributed by atoms with van der Waals surface area (Å²) < 4.78 is 0. The van der Waals surface area contributed by atoms with Gasteiger partial charge < -0.3 is 10.3 Å². The summed E-state index contributed by atoms with van der Waals surface area (Å²) in [4.78, 5) is 38.7. The molecule has 0 spiro atoms. The maximum atomic E-state index is 12.2. The molecule has 0 aliphatic heterocycles. The van der Waals surface area contributed by atoms with E-state index < -0.39 is 11.3 Å². The van der Waals surface area contributed by atoms with Crippen LogP contribution >= 0.6 is 0 Å². The lowest BCUT2D eigenvalue weighted by molar-refractivity contribution is 0.101. The Kier molecular flexibility index (Phi) is 4.03. The van der Waals surface area contributed by atoms with Crippen molar-refractivity contribution in [3.63, 3.8) is 0 Å². The van der Waals surface area contributed by atoms with Crippen LogP contribution < -0.4 is 10.7 Å². The third kappa shape index (κ3) is 3.08. The van der Waals surface area contributed by atoms with Crippen molar-refractivity contribution in [2.75, 3.05) is 5.32 Å². The van der Waals surface area contributed by atoms with Gasteiger partial charge in [0.05, 0.1) is 5.56 Å². The molecule has 108 valence electrons. The van der Waals surface area contributed by atoms with Gasteiger partial charge in [-0.25, -0.2) is 0 Å². The molecule has 2 rings (SSSR count). The second kappa shape index (κ2) is 5.75. The Morgan fingerprint density at radius 2 is 1.90 bits per heavy atom. The van der Waals surface area contributed by atoms with Gasteiger partial charge in [-0.3, -0.25) is 14.4 Å². The first kappa shape index (κ1) is 14.7. The summed E-state index contributed by atoms with van der Waals surface area (Å²) in [6, 6.07) is 7.25. The number of carbonyl (C=O) groups is 2. The lowest BCUT2D eigenvalue weighted by Gasteiger charge is -2.08. The highest BCUT2D eigenvalue weighted by molar-refractivity contribution is 6.06. The fourth-order valence-corrected chi connectivity index (χ4v) is 2.14. The monoisotopic (exact) mass is 284 g/mol.